The predicted molar refractivity (Wildman–Crippen MR) is 106 cm³/mol. The van der Waals surface area contributed by atoms with Gasteiger partial charge in [0.25, 0.3) is 0 Å². The van der Waals surface area contributed by atoms with Crippen LogP contribution in [0.2, 0.25) is 0 Å². The largest absolute Gasteiger partial charge is 0.360 e. The predicted octanol–water partition coefficient (Wildman–Crippen LogP) is 4.90. The number of H-pyrrole nitrogens is 2. The lowest BCUT2D eigenvalue weighted by molar-refractivity contribution is -0.111. The zero-order valence-corrected chi connectivity index (χ0v) is 15.4. The maximum absolute atomic E-state index is 12.5. The highest BCUT2D eigenvalue weighted by molar-refractivity contribution is 6.14. The van der Waals surface area contributed by atoms with Crippen molar-refractivity contribution in [3.8, 4) is 0 Å². The molecule has 136 valence electrons. The number of aryl methyl sites for hydroxylation is 1. The lowest BCUT2D eigenvalue weighted by Crippen LogP contribution is -2.09. The third kappa shape index (κ3) is 3.41. The van der Waals surface area contributed by atoms with E-state index in [1.807, 2.05) is 24.4 Å². The SMILES string of the molecule is CCC1CCCCCCc2cc1c(/C=C1/NC(c3ccc[nH]3)=CC1=O)[nH]2. The summed E-state index contributed by atoms with van der Waals surface area (Å²) in [6, 6.07) is 6.24. The highest BCUT2D eigenvalue weighted by Gasteiger charge is 2.22. The summed E-state index contributed by atoms with van der Waals surface area (Å²) in [6.45, 7) is 2.27. The van der Waals surface area contributed by atoms with Gasteiger partial charge in [-0.2, -0.15) is 0 Å². The molecule has 2 aromatic heterocycles. The highest BCUT2D eigenvalue weighted by Crippen LogP contribution is 2.33. The molecule has 0 amide bonds. The number of ketones is 1. The van der Waals surface area contributed by atoms with E-state index in [0.717, 1.165) is 29.9 Å². The third-order valence-electron chi connectivity index (χ3n) is 5.60. The van der Waals surface area contributed by atoms with E-state index < -0.39 is 0 Å². The Labute approximate surface area is 154 Å². The van der Waals surface area contributed by atoms with E-state index in [0.29, 0.717) is 11.6 Å². The molecule has 3 heterocycles. The third-order valence-corrected chi connectivity index (χ3v) is 5.60. The van der Waals surface area contributed by atoms with Crippen molar-refractivity contribution in [3.05, 3.63) is 58.8 Å². The molecule has 1 aliphatic heterocycles. The molecule has 4 nitrogen and oxygen atoms in total. The van der Waals surface area contributed by atoms with E-state index >= 15 is 0 Å². The summed E-state index contributed by atoms with van der Waals surface area (Å²) in [5.41, 5.74) is 6.20. The number of hydrogen-bond donors (Lipinski definition) is 3. The van der Waals surface area contributed by atoms with Crippen molar-refractivity contribution in [3.63, 3.8) is 0 Å². The summed E-state index contributed by atoms with van der Waals surface area (Å²) in [4.78, 5) is 19.2. The Bertz CT molecular complexity index is 839. The summed E-state index contributed by atoms with van der Waals surface area (Å²) >= 11 is 0. The first-order valence-corrected chi connectivity index (χ1v) is 9.85. The van der Waals surface area contributed by atoms with Crippen molar-refractivity contribution < 1.29 is 4.79 Å². The molecular formula is C22H27N3O. The second kappa shape index (κ2) is 7.40. The molecule has 2 aromatic rings. The van der Waals surface area contributed by atoms with Gasteiger partial charge in [-0.1, -0.05) is 26.2 Å². The smallest absolute Gasteiger partial charge is 0.204 e. The van der Waals surface area contributed by atoms with E-state index in [9.17, 15) is 4.79 Å². The van der Waals surface area contributed by atoms with Gasteiger partial charge in [0.15, 0.2) is 0 Å². The van der Waals surface area contributed by atoms with Crippen molar-refractivity contribution >= 4 is 17.6 Å². The molecule has 1 atom stereocenters. The topological polar surface area (TPSA) is 60.7 Å². The number of fused-ring (bicyclic) bond motifs is 2. The Kier molecular flexibility index (Phi) is 4.83. The molecule has 2 aliphatic rings. The Morgan fingerprint density at radius 3 is 2.92 bits per heavy atom. The molecule has 0 fully saturated rings. The number of allylic oxidation sites excluding steroid dienone is 1. The molecule has 2 bridgehead atoms. The van der Waals surface area contributed by atoms with Gasteiger partial charge in [0, 0.05) is 23.7 Å². The number of aromatic nitrogens is 2. The summed E-state index contributed by atoms with van der Waals surface area (Å²) in [7, 11) is 0. The van der Waals surface area contributed by atoms with Crippen LogP contribution in [0.3, 0.4) is 0 Å². The van der Waals surface area contributed by atoms with Gasteiger partial charge in [0.2, 0.25) is 5.78 Å². The fraction of sp³-hybridized carbons (Fsp3) is 0.409. The first-order valence-electron chi connectivity index (χ1n) is 9.85. The van der Waals surface area contributed by atoms with Crippen molar-refractivity contribution in [1.82, 2.24) is 15.3 Å². The Morgan fingerprint density at radius 1 is 1.23 bits per heavy atom. The Morgan fingerprint density at radius 2 is 2.12 bits per heavy atom. The van der Waals surface area contributed by atoms with Gasteiger partial charge >= 0.3 is 0 Å². The fourth-order valence-electron chi connectivity index (χ4n) is 4.12. The molecule has 1 unspecified atom stereocenters. The normalized spacial score (nSPS) is 22.3. The van der Waals surface area contributed by atoms with Crippen LogP contribution in [0, 0.1) is 0 Å². The molecular weight excluding hydrogens is 322 g/mol. The monoisotopic (exact) mass is 349 g/mol. The number of carbonyl (C=O) groups excluding carboxylic acids is 1. The van der Waals surface area contributed by atoms with Crippen LogP contribution in [-0.2, 0) is 11.2 Å². The first-order chi connectivity index (χ1) is 12.7. The molecule has 1 aliphatic carbocycles. The van der Waals surface area contributed by atoms with Gasteiger partial charge in [-0.05, 0) is 61.4 Å². The molecule has 0 saturated heterocycles. The molecule has 26 heavy (non-hydrogen) atoms. The molecule has 4 heteroatoms. The van der Waals surface area contributed by atoms with E-state index in [-0.39, 0.29) is 5.78 Å². The minimum Gasteiger partial charge on any atom is -0.360 e. The van der Waals surface area contributed by atoms with Gasteiger partial charge in [0.05, 0.1) is 17.1 Å². The summed E-state index contributed by atoms with van der Waals surface area (Å²) < 4.78 is 0. The zero-order chi connectivity index (χ0) is 17.9. The second-order valence-electron chi connectivity index (χ2n) is 7.41. The number of hydrogen-bond acceptors (Lipinski definition) is 2. The van der Waals surface area contributed by atoms with Gasteiger partial charge < -0.3 is 15.3 Å². The van der Waals surface area contributed by atoms with E-state index in [4.69, 9.17) is 0 Å². The van der Waals surface area contributed by atoms with Gasteiger partial charge in [-0.3, -0.25) is 4.79 Å². The quantitative estimate of drug-likeness (QED) is 0.690. The average Bonchev–Trinajstić information content (AvgIpc) is 3.36. The van der Waals surface area contributed by atoms with Crippen molar-refractivity contribution in [2.75, 3.05) is 0 Å². The number of rotatable bonds is 3. The maximum Gasteiger partial charge on any atom is 0.204 e. The van der Waals surface area contributed by atoms with E-state index in [1.54, 1.807) is 6.08 Å². The van der Waals surface area contributed by atoms with Crippen LogP contribution in [-0.4, -0.2) is 15.8 Å². The van der Waals surface area contributed by atoms with Crippen molar-refractivity contribution in [2.45, 2.75) is 57.8 Å². The lowest BCUT2D eigenvalue weighted by Gasteiger charge is -2.15. The van der Waals surface area contributed by atoms with Crippen LogP contribution in [0.25, 0.3) is 11.8 Å². The van der Waals surface area contributed by atoms with Crippen molar-refractivity contribution in [1.29, 1.82) is 0 Å². The Hall–Kier alpha value is -2.49. The summed E-state index contributed by atoms with van der Waals surface area (Å²) in [5, 5.41) is 3.28. The molecule has 0 radical (unpaired) electrons. The molecule has 0 aromatic carbocycles. The molecule has 4 rings (SSSR count). The standard InChI is InChI=1S/C22H27N3O/c1-2-15-8-5-3-4-6-9-16-12-17(15)19(24-16)13-21-22(26)14-20(25-21)18-10-7-11-23-18/h7,10-15,23-25H,2-6,8-9H2,1H3/b21-13+. The second-order valence-corrected chi connectivity index (χ2v) is 7.41. The van der Waals surface area contributed by atoms with Gasteiger partial charge in [-0.25, -0.2) is 0 Å². The average molecular weight is 349 g/mol. The van der Waals surface area contributed by atoms with Crippen LogP contribution in [0.1, 0.15) is 74.0 Å². The van der Waals surface area contributed by atoms with Crippen LogP contribution >= 0.6 is 0 Å². The van der Waals surface area contributed by atoms with Crippen LogP contribution in [0.5, 0.6) is 0 Å². The zero-order valence-electron chi connectivity index (χ0n) is 15.4. The van der Waals surface area contributed by atoms with Crippen molar-refractivity contribution in [2.24, 2.45) is 0 Å². The van der Waals surface area contributed by atoms with Crippen LogP contribution in [0.4, 0.5) is 0 Å². The van der Waals surface area contributed by atoms with Gasteiger partial charge in [0.1, 0.15) is 0 Å². The minimum absolute atomic E-state index is 0.0362. The summed E-state index contributed by atoms with van der Waals surface area (Å²) in [6.07, 6.45) is 14.2. The van der Waals surface area contributed by atoms with E-state index in [1.165, 1.54) is 43.4 Å². The first kappa shape index (κ1) is 17.0. The van der Waals surface area contributed by atoms with Gasteiger partial charge in [-0.15, -0.1) is 0 Å². The minimum atomic E-state index is 0.0362. The number of carbonyl (C=O) groups is 1. The van der Waals surface area contributed by atoms with Crippen LogP contribution < -0.4 is 5.32 Å². The highest BCUT2D eigenvalue weighted by atomic mass is 16.1. The molecule has 0 saturated carbocycles. The fourth-order valence-corrected chi connectivity index (χ4v) is 4.12. The Balaban J connectivity index is 1.64. The number of nitrogens with one attached hydrogen (secondary N) is 3. The molecule has 0 spiro atoms. The van der Waals surface area contributed by atoms with E-state index in [2.05, 4.69) is 28.3 Å². The summed E-state index contributed by atoms with van der Waals surface area (Å²) in [5.74, 6) is 0.603. The molecule has 3 N–H and O–H groups in total. The maximum atomic E-state index is 12.5. The lowest BCUT2D eigenvalue weighted by atomic mass is 9.89. The van der Waals surface area contributed by atoms with Crippen LogP contribution in [0.15, 0.2) is 36.2 Å². The number of aromatic amines is 2.